The normalized spacial score (nSPS) is 11.1. The quantitative estimate of drug-likeness (QED) is 0.0242. The number of esters is 2. The van der Waals surface area contributed by atoms with Crippen molar-refractivity contribution >= 4 is 43.5 Å². The predicted octanol–water partition coefficient (Wildman–Crippen LogP) is 9.82. The van der Waals surface area contributed by atoms with E-state index in [9.17, 15) is 23.6 Å². The first-order valence-electron chi connectivity index (χ1n) is 19.4. The lowest BCUT2D eigenvalue weighted by atomic mass is 10.2. The molecule has 0 unspecified atom stereocenters. The zero-order valence-electron chi connectivity index (χ0n) is 35.7. The Labute approximate surface area is 365 Å². The molecule has 0 heterocycles. The van der Waals surface area contributed by atoms with Crippen LogP contribution in [-0.4, -0.2) is 69.8 Å². The number of quaternary nitrogens is 1. The molecule has 16 heteroatoms. The summed E-state index contributed by atoms with van der Waals surface area (Å²) in [6.45, 7) is 4.04. The number of carbonyl (C=O) groups excluding carboxylic acids is 2. The molecule has 0 saturated carbocycles. The summed E-state index contributed by atoms with van der Waals surface area (Å²) in [6, 6.07) is 37.0. The molecule has 0 N–H and O–H groups in total. The van der Waals surface area contributed by atoms with Gasteiger partial charge in [-0.25, -0.2) is 4.57 Å². The summed E-state index contributed by atoms with van der Waals surface area (Å²) in [5.74, 6) is -0.511. The highest BCUT2D eigenvalue weighted by Crippen LogP contribution is 2.51. The zero-order valence-corrected chi connectivity index (χ0v) is 39.0. The van der Waals surface area contributed by atoms with E-state index in [2.05, 4.69) is 48.9 Å². The summed E-state index contributed by atoms with van der Waals surface area (Å²) in [5, 5.41) is 0.980. The van der Waals surface area contributed by atoms with E-state index >= 15 is 0 Å². The molecule has 0 radical (unpaired) electrons. The van der Waals surface area contributed by atoms with Crippen molar-refractivity contribution in [2.45, 2.75) is 66.0 Å². The van der Waals surface area contributed by atoms with Crippen molar-refractivity contribution in [3.8, 4) is 0 Å². The lowest BCUT2D eigenvalue weighted by molar-refractivity contribution is -0.849. The lowest BCUT2D eigenvalue weighted by Crippen LogP contribution is -2.27. The number of alkyl halides is 1. The number of rotatable bonds is 22. The highest BCUT2D eigenvalue weighted by atomic mass is 79.9. The van der Waals surface area contributed by atoms with Crippen molar-refractivity contribution in [1.29, 1.82) is 0 Å². The molecular formula is C44H62BrNO12P2. The van der Waals surface area contributed by atoms with Crippen LogP contribution in [0.2, 0.25) is 0 Å². The van der Waals surface area contributed by atoms with Gasteiger partial charge in [0.05, 0.1) is 74.4 Å². The molecule has 0 atom stereocenters. The molecule has 0 saturated heterocycles. The standard InChI is InChI=1S/C20H25O6P.C14H15O4P.C6H11BrO2.C4H12N/c1-18(21)23-14-8-9-15-24-27(22,25-16-19-10-4-2-5-11-19)26-17-20-12-6-3-7-13-20;15-19(16,17-11-13-7-3-1-4-8-13)18-12-14-9-5-2-6-10-14;1-6(8)9-5-3-2-4-7;1-5(2,3)4/h2-7,10-13H,8-9,14-17H2,1H3;1-10H,11-12H2,(H,15,16);2-5H2,1H3;1-4H3/q;;;+1/p-1. The highest BCUT2D eigenvalue weighted by molar-refractivity contribution is 9.09. The van der Waals surface area contributed by atoms with Crippen LogP contribution in [0.15, 0.2) is 121 Å². The second-order valence-corrected chi connectivity index (χ2v) is 18.1. The van der Waals surface area contributed by atoms with Crippen molar-refractivity contribution in [3.63, 3.8) is 0 Å². The number of unbranched alkanes of at least 4 members (excludes halogenated alkanes) is 2. The Kier molecular flexibility index (Phi) is 29.3. The lowest BCUT2D eigenvalue weighted by Gasteiger charge is -2.22. The van der Waals surface area contributed by atoms with E-state index in [4.69, 9.17) is 27.4 Å². The fraction of sp³-hybridized carbons (Fsp3) is 0.409. The fourth-order valence-electron chi connectivity index (χ4n) is 4.07. The van der Waals surface area contributed by atoms with Crippen LogP contribution in [0.1, 0.15) is 61.8 Å². The number of nitrogens with zero attached hydrogens (tertiary/aromatic N) is 1. The third-order valence-electron chi connectivity index (χ3n) is 6.86. The minimum absolute atomic E-state index is 0.0175. The number of ether oxygens (including phenoxy) is 2. The van der Waals surface area contributed by atoms with Crippen molar-refractivity contribution in [2.75, 3.05) is 53.3 Å². The minimum atomic E-state index is -4.27. The largest absolute Gasteiger partial charge is 0.756 e. The number of halogens is 1. The van der Waals surface area contributed by atoms with E-state index in [1.54, 1.807) is 24.3 Å². The Morgan fingerprint density at radius 3 is 1.08 bits per heavy atom. The molecule has 0 bridgehead atoms. The topological polar surface area (TPSA) is 156 Å². The zero-order chi connectivity index (χ0) is 44.5. The van der Waals surface area contributed by atoms with Gasteiger partial charge in [-0.05, 0) is 47.9 Å². The Morgan fingerprint density at radius 2 is 0.783 bits per heavy atom. The van der Waals surface area contributed by atoms with Gasteiger partial charge in [-0.1, -0.05) is 137 Å². The highest BCUT2D eigenvalue weighted by Gasteiger charge is 2.27. The molecule has 0 aliphatic rings. The summed E-state index contributed by atoms with van der Waals surface area (Å²) < 4.78 is 61.1. The van der Waals surface area contributed by atoms with Crippen molar-refractivity contribution in [3.05, 3.63) is 144 Å². The maximum absolute atomic E-state index is 12.9. The van der Waals surface area contributed by atoms with E-state index in [1.807, 2.05) is 97.1 Å². The number of phosphoric acid groups is 2. The van der Waals surface area contributed by atoms with Gasteiger partial charge in [0.2, 0.25) is 0 Å². The third kappa shape index (κ3) is 33.2. The van der Waals surface area contributed by atoms with Gasteiger partial charge in [0.25, 0.3) is 7.82 Å². The van der Waals surface area contributed by atoms with Crippen LogP contribution in [-0.2, 0) is 77.2 Å². The minimum Gasteiger partial charge on any atom is -0.756 e. The Morgan fingerprint density at radius 1 is 0.500 bits per heavy atom. The SMILES string of the molecule is CC(=O)OCCCCBr.CC(=O)OCCCCOP(=O)(OCc1ccccc1)OCc1ccccc1.C[N+](C)(C)C.O=P([O-])(OCc1ccccc1)OCc1ccccc1. The summed E-state index contributed by atoms with van der Waals surface area (Å²) in [6.07, 6.45) is 3.19. The number of carbonyl (C=O) groups is 2. The smallest absolute Gasteiger partial charge is 0.475 e. The Bertz CT molecular complexity index is 1680. The average molecular weight is 939 g/mol. The number of hydrogen-bond acceptors (Lipinski definition) is 12. The number of hydrogen-bond donors (Lipinski definition) is 0. The molecule has 0 spiro atoms. The van der Waals surface area contributed by atoms with E-state index in [1.165, 1.54) is 13.8 Å². The molecule has 0 amide bonds. The van der Waals surface area contributed by atoms with Crippen LogP contribution in [0.25, 0.3) is 0 Å². The molecule has 4 aromatic carbocycles. The molecule has 4 aromatic rings. The first-order chi connectivity index (χ1) is 28.5. The van der Waals surface area contributed by atoms with Gasteiger partial charge < -0.3 is 27.9 Å². The van der Waals surface area contributed by atoms with E-state index in [0.717, 1.165) is 44.9 Å². The molecule has 0 aliphatic heterocycles. The molecular weight excluding hydrogens is 876 g/mol. The van der Waals surface area contributed by atoms with Gasteiger partial charge in [-0.15, -0.1) is 0 Å². The first-order valence-corrected chi connectivity index (χ1v) is 23.5. The van der Waals surface area contributed by atoms with Gasteiger partial charge in [0, 0.05) is 19.2 Å². The summed E-state index contributed by atoms with van der Waals surface area (Å²) >= 11 is 3.28. The number of benzene rings is 4. The maximum Gasteiger partial charge on any atom is 0.475 e. The average Bonchev–Trinajstić information content (AvgIpc) is 3.22. The summed E-state index contributed by atoms with van der Waals surface area (Å²) in [4.78, 5) is 32.5. The third-order valence-corrected chi connectivity index (χ3v) is 9.70. The number of phosphoric ester groups is 2. The van der Waals surface area contributed by atoms with Crippen molar-refractivity contribution in [2.24, 2.45) is 0 Å². The first kappa shape index (κ1) is 54.5. The second-order valence-electron chi connectivity index (χ2n) is 14.2. The van der Waals surface area contributed by atoms with Gasteiger partial charge in [0.1, 0.15) is 0 Å². The monoisotopic (exact) mass is 937 g/mol. The van der Waals surface area contributed by atoms with Gasteiger partial charge in [-0.3, -0.25) is 27.7 Å². The molecule has 0 aromatic heterocycles. The molecule has 0 fully saturated rings. The van der Waals surface area contributed by atoms with Crippen LogP contribution in [0.5, 0.6) is 0 Å². The Balaban J connectivity index is 0.000000470. The van der Waals surface area contributed by atoms with Crippen LogP contribution in [0, 0.1) is 0 Å². The van der Waals surface area contributed by atoms with Crippen LogP contribution >= 0.6 is 31.6 Å². The van der Waals surface area contributed by atoms with Crippen LogP contribution < -0.4 is 4.89 Å². The maximum atomic E-state index is 12.9. The van der Waals surface area contributed by atoms with Gasteiger partial charge >= 0.3 is 19.8 Å². The predicted molar refractivity (Wildman–Crippen MR) is 236 cm³/mol. The summed E-state index contributed by atoms with van der Waals surface area (Å²) in [7, 11) is 0.501. The molecule has 13 nitrogen and oxygen atoms in total. The second kappa shape index (κ2) is 32.2. The molecule has 60 heavy (non-hydrogen) atoms. The van der Waals surface area contributed by atoms with E-state index in [0.29, 0.717) is 26.1 Å². The molecule has 332 valence electrons. The molecule has 4 rings (SSSR count). The Hall–Kier alpha value is -3.52. The van der Waals surface area contributed by atoms with E-state index in [-0.39, 0.29) is 45.0 Å². The van der Waals surface area contributed by atoms with Gasteiger partial charge in [0.15, 0.2) is 0 Å². The fourth-order valence-corrected chi connectivity index (χ4v) is 6.35. The molecule has 0 aliphatic carbocycles. The van der Waals surface area contributed by atoms with Crippen LogP contribution in [0.4, 0.5) is 0 Å². The van der Waals surface area contributed by atoms with E-state index < -0.39 is 15.6 Å². The van der Waals surface area contributed by atoms with Gasteiger partial charge in [-0.2, -0.15) is 0 Å². The van der Waals surface area contributed by atoms with Crippen molar-refractivity contribution in [1.82, 2.24) is 0 Å². The van der Waals surface area contributed by atoms with Crippen molar-refractivity contribution < 1.29 is 60.2 Å². The van der Waals surface area contributed by atoms with Crippen LogP contribution in [0.3, 0.4) is 0 Å². The summed E-state index contributed by atoms with van der Waals surface area (Å²) in [5.41, 5.74) is 3.31.